The zero-order valence-corrected chi connectivity index (χ0v) is 9.63. The van der Waals surface area contributed by atoms with Crippen molar-refractivity contribution in [1.82, 2.24) is 10.2 Å². The van der Waals surface area contributed by atoms with Gasteiger partial charge >= 0.3 is 0 Å². The smallest absolute Gasteiger partial charge is 0.0104 e. The third-order valence-corrected chi connectivity index (χ3v) is 2.91. The van der Waals surface area contributed by atoms with E-state index in [0.29, 0.717) is 0 Å². The molecule has 2 nitrogen and oxygen atoms in total. The Morgan fingerprint density at radius 3 is 2.93 bits per heavy atom. The molecule has 1 atom stereocenters. The van der Waals surface area contributed by atoms with E-state index in [1.165, 1.54) is 32.4 Å². The van der Waals surface area contributed by atoms with Gasteiger partial charge in [-0.25, -0.2) is 0 Å². The average Bonchev–Trinajstić information content (AvgIpc) is 2.68. The number of allylic oxidation sites excluding steroid dienone is 2. The van der Waals surface area contributed by atoms with E-state index >= 15 is 0 Å². The fraction of sp³-hybridized carbons (Fsp3) is 0.833. The van der Waals surface area contributed by atoms with Gasteiger partial charge in [0.2, 0.25) is 0 Å². The van der Waals surface area contributed by atoms with Crippen molar-refractivity contribution >= 4 is 0 Å². The van der Waals surface area contributed by atoms with Crippen molar-refractivity contribution in [3.05, 3.63) is 12.2 Å². The fourth-order valence-corrected chi connectivity index (χ4v) is 1.88. The van der Waals surface area contributed by atoms with Crippen molar-refractivity contribution in [3.63, 3.8) is 0 Å². The molecular weight excluding hydrogens is 172 g/mol. The topological polar surface area (TPSA) is 15.3 Å². The second-order valence-electron chi connectivity index (χ2n) is 4.21. The highest BCUT2D eigenvalue weighted by molar-refractivity contribution is 4.96. The first-order valence-corrected chi connectivity index (χ1v) is 5.89. The van der Waals surface area contributed by atoms with Crippen LogP contribution in [-0.2, 0) is 0 Å². The van der Waals surface area contributed by atoms with Crippen molar-refractivity contribution in [3.8, 4) is 0 Å². The van der Waals surface area contributed by atoms with Crippen LogP contribution in [0.4, 0.5) is 0 Å². The number of nitrogens with zero attached hydrogens (tertiary/aromatic N) is 1. The molecule has 0 aromatic carbocycles. The van der Waals surface area contributed by atoms with E-state index in [9.17, 15) is 0 Å². The van der Waals surface area contributed by atoms with Gasteiger partial charge in [0.15, 0.2) is 0 Å². The normalized spacial score (nSPS) is 20.9. The maximum Gasteiger partial charge on any atom is 0.0104 e. The maximum atomic E-state index is 3.35. The molecule has 0 heterocycles. The summed E-state index contributed by atoms with van der Waals surface area (Å²) in [5.74, 6) is 0.858. The van der Waals surface area contributed by atoms with E-state index in [0.717, 1.165) is 19.0 Å². The molecular formula is C12H24N2. The molecule has 14 heavy (non-hydrogen) atoms. The van der Waals surface area contributed by atoms with Crippen LogP contribution in [0.1, 0.15) is 26.2 Å². The van der Waals surface area contributed by atoms with Crippen LogP contribution in [0.25, 0.3) is 0 Å². The summed E-state index contributed by atoms with van der Waals surface area (Å²) in [6, 6.07) is 0. The number of hydrogen-bond donors (Lipinski definition) is 1. The monoisotopic (exact) mass is 196 g/mol. The average molecular weight is 196 g/mol. The zero-order chi connectivity index (χ0) is 10.2. The Morgan fingerprint density at radius 2 is 2.29 bits per heavy atom. The summed E-state index contributed by atoms with van der Waals surface area (Å²) in [6.45, 7) is 6.76. The van der Waals surface area contributed by atoms with Crippen molar-refractivity contribution in [2.45, 2.75) is 26.2 Å². The van der Waals surface area contributed by atoms with Gasteiger partial charge in [0.05, 0.1) is 0 Å². The first-order valence-electron chi connectivity index (χ1n) is 5.89. The molecule has 0 aromatic heterocycles. The predicted octanol–water partition coefficient (Wildman–Crippen LogP) is 1.88. The molecule has 1 aliphatic carbocycles. The van der Waals surface area contributed by atoms with Crippen molar-refractivity contribution in [2.75, 3.05) is 33.2 Å². The van der Waals surface area contributed by atoms with Crippen LogP contribution in [0.2, 0.25) is 0 Å². The number of hydrogen-bond acceptors (Lipinski definition) is 2. The summed E-state index contributed by atoms with van der Waals surface area (Å²) in [6.07, 6.45) is 8.72. The minimum absolute atomic E-state index is 0.858. The number of nitrogens with one attached hydrogen (secondary N) is 1. The highest BCUT2D eigenvalue weighted by Crippen LogP contribution is 2.20. The minimum Gasteiger partial charge on any atom is -0.316 e. The van der Waals surface area contributed by atoms with Crippen LogP contribution in [0.15, 0.2) is 12.2 Å². The lowest BCUT2D eigenvalue weighted by atomic mass is 10.1. The van der Waals surface area contributed by atoms with E-state index in [1.54, 1.807) is 0 Å². The molecule has 0 bridgehead atoms. The van der Waals surface area contributed by atoms with Crippen molar-refractivity contribution in [2.24, 2.45) is 5.92 Å². The molecule has 2 heteroatoms. The van der Waals surface area contributed by atoms with Crippen molar-refractivity contribution in [1.29, 1.82) is 0 Å². The Bertz CT molecular complexity index is 166. The summed E-state index contributed by atoms with van der Waals surface area (Å²) in [5, 5.41) is 3.35. The second-order valence-corrected chi connectivity index (χ2v) is 4.21. The first-order chi connectivity index (χ1) is 6.83. The Labute approximate surface area is 88.4 Å². The predicted molar refractivity (Wildman–Crippen MR) is 62.5 cm³/mol. The lowest BCUT2D eigenvalue weighted by molar-refractivity contribution is 0.311. The van der Waals surface area contributed by atoms with Gasteiger partial charge in [-0.1, -0.05) is 19.1 Å². The summed E-state index contributed by atoms with van der Waals surface area (Å²) in [5.41, 5.74) is 0. The molecule has 82 valence electrons. The molecule has 1 rings (SSSR count). The van der Waals surface area contributed by atoms with Gasteiger partial charge < -0.3 is 10.2 Å². The van der Waals surface area contributed by atoms with Crippen LogP contribution >= 0.6 is 0 Å². The Morgan fingerprint density at radius 1 is 1.43 bits per heavy atom. The first kappa shape index (κ1) is 11.7. The minimum atomic E-state index is 0.858. The van der Waals surface area contributed by atoms with E-state index in [2.05, 4.69) is 36.3 Å². The van der Waals surface area contributed by atoms with Gasteiger partial charge in [-0.15, -0.1) is 0 Å². The molecule has 1 aliphatic rings. The molecule has 0 amide bonds. The lowest BCUT2D eigenvalue weighted by Gasteiger charge is -2.18. The summed E-state index contributed by atoms with van der Waals surface area (Å²) in [4.78, 5) is 2.43. The van der Waals surface area contributed by atoms with Crippen LogP contribution in [0, 0.1) is 5.92 Å². The SMILES string of the molecule is CCNCCN(C)CCC1C=CCC1. The van der Waals surface area contributed by atoms with Crippen LogP contribution in [0.3, 0.4) is 0 Å². The quantitative estimate of drug-likeness (QED) is 0.494. The Hall–Kier alpha value is -0.340. The Kier molecular flexibility index (Phi) is 5.88. The zero-order valence-electron chi connectivity index (χ0n) is 9.63. The third-order valence-electron chi connectivity index (χ3n) is 2.91. The van der Waals surface area contributed by atoms with Gasteiger partial charge in [-0.3, -0.25) is 0 Å². The highest BCUT2D eigenvalue weighted by atomic mass is 15.1. The van der Waals surface area contributed by atoms with Crippen LogP contribution in [-0.4, -0.2) is 38.1 Å². The van der Waals surface area contributed by atoms with Crippen molar-refractivity contribution < 1.29 is 0 Å². The number of likely N-dealkylation sites (N-methyl/N-ethyl adjacent to an activating group) is 2. The van der Waals surface area contributed by atoms with Gasteiger partial charge in [0.1, 0.15) is 0 Å². The van der Waals surface area contributed by atoms with E-state index < -0.39 is 0 Å². The van der Waals surface area contributed by atoms with Gasteiger partial charge in [0.25, 0.3) is 0 Å². The van der Waals surface area contributed by atoms with Gasteiger partial charge in [0, 0.05) is 13.1 Å². The van der Waals surface area contributed by atoms with E-state index in [-0.39, 0.29) is 0 Å². The molecule has 0 saturated carbocycles. The van der Waals surface area contributed by atoms with E-state index in [1.807, 2.05) is 0 Å². The third kappa shape index (κ3) is 4.77. The summed E-state index contributed by atoms with van der Waals surface area (Å²) < 4.78 is 0. The van der Waals surface area contributed by atoms with Gasteiger partial charge in [-0.2, -0.15) is 0 Å². The molecule has 1 N–H and O–H groups in total. The second kappa shape index (κ2) is 7.02. The molecule has 0 aliphatic heterocycles. The Balaban J connectivity index is 1.96. The molecule has 0 aromatic rings. The van der Waals surface area contributed by atoms with Gasteiger partial charge in [-0.05, 0) is 45.3 Å². The molecule has 0 fully saturated rings. The molecule has 0 saturated heterocycles. The van der Waals surface area contributed by atoms with Crippen LogP contribution in [0.5, 0.6) is 0 Å². The number of rotatable bonds is 7. The van der Waals surface area contributed by atoms with Crippen LogP contribution < -0.4 is 5.32 Å². The molecule has 1 unspecified atom stereocenters. The molecule has 0 spiro atoms. The fourth-order valence-electron chi connectivity index (χ4n) is 1.88. The lowest BCUT2D eigenvalue weighted by Crippen LogP contribution is -2.30. The standard InChI is InChI=1S/C12H24N2/c1-3-13-9-11-14(2)10-8-12-6-4-5-7-12/h4,6,12-13H,3,5,7-11H2,1-2H3. The largest absolute Gasteiger partial charge is 0.316 e. The highest BCUT2D eigenvalue weighted by Gasteiger charge is 2.09. The summed E-state index contributed by atoms with van der Waals surface area (Å²) >= 11 is 0. The maximum absolute atomic E-state index is 3.35. The molecule has 0 radical (unpaired) electrons. The van der Waals surface area contributed by atoms with E-state index in [4.69, 9.17) is 0 Å². The summed E-state index contributed by atoms with van der Waals surface area (Å²) in [7, 11) is 2.22.